The lowest BCUT2D eigenvalue weighted by atomic mass is 9.85. The molecule has 0 saturated heterocycles. The Morgan fingerprint density at radius 1 is 0.263 bits per heavy atom. The second kappa shape index (κ2) is 22.9. The van der Waals surface area contributed by atoms with E-state index < -0.39 is 29.1 Å². The average molecular weight is 1160 g/mol. The fourth-order valence-corrected chi connectivity index (χ4v) is 22.0. The van der Waals surface area contributed by atoms with Crippen LogP contribution >= 0.6 is 74.1 Å². The van der Waals surface area contributed by atoms with Crippen molar-refractivity contribution in [3.8, 4) is 22.3 Å². The van der Waals surface area contributed by atoms with Crippen molar-refractivity contribution >= 4 is 116 Å². The molecular formula is C64H60Cl4O4P4. The van der Waals surface area contributed by atoms with Gasteiger partial charge >= 0.3 is 0 Å². The molecule has 4 heterocycles. The highest BCUT2D eigenvalue weighted by Crippen LogP contribution is 2.56. The van der Waals surface area contributed by atoms with E-state index in [0.29, 0.717) is 52.9 Å². The Morgan fingerprint density at radius 3 is 0.658 bits per heavy atom. The van der Waals surface area contributed by atoms with Crippen LogP contribution in [0.3, 0.4) is 0 Å². The van der Waals surface area contributed by atoms with E-state index in [1.807, 2.05) is 0 Å². The molecule has 4 aliphatic rings. The first-order valence-corrected chi connectivity index (χ1v) is 34.7. The molecule has 0 bridgehead atoms. The Morgan fingerprint density at radius 2 is 0.447 bits per heavy atom. The predicted octanol–water partition coefficient (Wildman–Crippen LogP) is 15.6. The molecule has 0 radical (unpaired) electrons. The van der Waals surface area contributed by atoms with Crippen LogP contribution < -0.4 is 42.4 Å². The first kappa shape index (κ1) is 54.4. The molecule has 8 aromatic carbocycles. The maximum atomic E-state index is 6.58. The Bertz CT molecular complexity index is 3230. The van der Waals surface area contributed by atoms with Gasteiger partial charge in [0.2, 0.25) is 0 Å². The standard InChI is InChI=1S/C44H40O2P2.C20H20Cl4O2P2/c1-29-37-25-45-27-39(37)31(3)43(47(33-17-9-5-10-18-33)34-19-11-6-12-20-34)41(29)42-30(2)38-26-46-28-40(38)32(4)44(42)48(35-21-13-7-14-22-35)36-23-15-8-16-24-36;1-9-13-5-25-7-15(13)11(3)19(27(21)22)17(9)18-10(2)14-6-26-8-16(14)12(4)20(18)28(23)24/h5-24H,25-28H2,1-4H3;5-8H2,1-4H3. The highest BCUT2D eigenvalue weighted by Gasteiger charge is 2.37. The van der Waals surface area contributed by atoms with Gasteiger partial charge in [-0.3, -0.25) is 0 Å². The van der Waals surface area contributed by atoms with Crippen molar-refractivity contribution in [3.63, 3.8) is 0 Å². The summed E-state index contributed by atoms with van der Waals surface area (Å²) in [5, 5.41) is 10.4. The van der Waals surface area contributed by atoms with Gasteiger partial charge in [-0.1, -0.05) is 166 Å². The van der Waals surface area contributed by atoms with Crippen LogP contribution in [0.15, 0.2) is 121 Å². The minimum atomic E-state index is -1.36. The molecule has 12 heteroatoms. The molecule has 0 saturated carbocycles. The Hall–Kier alpha value is -3.52. The second-order valence-electron chi connectivity index (χ2n) is 20.2. The van der Waals surface area contributed by atoms with Gasteiger partial charge in [-0.2, -0.15) is 0 Å². The van der Waals surface area contributed by atoms with Crippen LogP contribution in [0.4, 0.5) is 0 Å². The normalized spacial score (nSPS) is 14.4. The minimum absolute atomic E-state index is 0.604. The van der Waals surface area contributed by atoms with Gasteiger partial charge < -0.3 is 18.9 Å². The van der Waals surface area contributed by atoms with Gasteiger partial charge in [-0.15, -0.1) is 0 Å². The van der Waals surface area contributed by atoms with Crippen molar-refractivity contribution in [1.29, 1.82) is 0 Å². The third kappa shape index (κ3) is 9.58. The summed E-state index contributed by atoms with van der Waals surface area (Å²) in [5.74, 6) is 0. The summed E-state index contributed by atoms with van der Waals surface area (Å²) < 4.78 is 24.0. The summed E-state index contributed by atoms with van der Waals surface area (Å²) in [6.45, 7) is 20.3. The maximum absolute atomic E-state index is 6.58. The van der Waals surface area contributed by atoms with E-state index in [9.17, 15) is 0 Å². The van der Waals surface area contributed by atoms with Gasteiger partial charge in [0.25, 0.3) is 0 Å². The molecule has 76 heavy (non-hydrogen) atoms. The fourth-order valence-electron chi connectivity index (χ4n) is 12.4. The van der Waals surface area contributed by atoms with Crippen LogP contribution in [0.5, 0.6) is 0 Å². The molecule has 0 N–H and O–H groups in total. The topological polar surface area (TPSA) is 36.9 Å². The molecule has 4 nitrogen and oxygen atoms in total. The number of fused-ring (bicyclic) bond motifs is 4. The second-order valence-corrected chi connectivity index (χ2v) is 31.4. The van der Waals surface area contributed by atoms with Crippen LogP contribution in [-0.2, 0) is 71.8 Å². The largest absolute Gasteiger partial charge is 0.372 e. The number of halogens is 4. The van der Waals surface area contributed by atoms with E-state index in [1.54, 1.807) is 0 Å². The summed E-state index contributed by atoms with van der Waals surface area (Å²) in [6, 6.07) is 44.8. The highest BCUT2D eigenvalue weighted by atomic mass is 35.9. The number of hydrogen-bond donors (Lipinski definition) is 0. The maximum Gasteiger partial charge on any atom is 0.117 e. The molecule has 12 rings (SSSR count). The number of ether oxygens (including phenoxy) is 4. The van der Waals surface area contributed by atoms with Gasteiger partial charge in [-0.05, 0) is 214 Å². The molecule has 0 unspecified atom stereocenters. The van der Waals surface area contributed by atoms with Crippen molar-refractivity contribution < 1.29 is 18.9 Å². The zero-order chi connectivity index (χ0) is 53.1. The molecule has 0 atom stereocenters. The van der Waals surface area contributed by atoms with Gasteiger partial charge in [0.05, 0.1) is 52.9 Å². The Balaban J connectivity index is 0.000000187. The average Bonchev–Trinajstić information content (AvgIpc) is 4.34. The smallest absolute Gasteiger partial charge is 0.117 e. The molecule has 4 aliphatic heterocycles. The molecule has 0 aromatic heterocycles. The summed E-state index contributed by atoms with van der Waals surface area (Å²) in [6.07, 6.45) is 0. The summed E-state index contributed by atoms with van der Waals surface area (Å²) in [5.41, 5.74) is 25.4. The molecular weight excluding hydrogens is 1100 g/mol. The van der Waals surface area contributed by atoms with Gasteiger partial charge in [0.15, 0.2) is 0 Å². The predicted molar refractivity (Wildman–Crippen MR) is 330 cm³/mol. The van der Waals surface area contributed by atoms with Crippen LogP contribution in [0.1, 0.15) is 89.0 Å². The third-order valence-corrected chi connectivity index (χ3v) is 25.4. The van der Waals surface area contributed by atoms with Gasteiger partial charge in [0.1, 0.15) is 13.3 Å². The first-order valence-electron chi connectivity index (χ1n) is 25.7. The summed E-state index contributed by atoms with van der Waals surface area (Å²) in [4.78, 5) is 0. The van der Waals surface area contributed by atoms with E-state index in [4.69, 9.17) is 63.9 Å². The zero-order valence-corrected chi connectivity index (χ0v) is 50.7. The lowest BCUT2D eigenvalue weighted by molar-refractivity contribution is 0.134. The van der Waals surface area contributed by atoms with Crippen LogP contribution in [0.25, 0.3) is 22.3 Å². The summed E-state index contributed by atoms with van der Waals surface area (Å²) in [7, 11) is -1.76. The van der Waals surface area contributed by atoms with Crippen molar-refractivity contribution in [3.05, 3.63) is 210 Å². The number of hydrogen-bond acceptors (Lipinski definition) is 4. The van der Waals surface area contributed by atoms with Crippen molar-refractivity contribution in [1.82, 2.24) is 0 Å². The van der Waals surface area contributed by atoms with E-state index in [2.05, 4.69) is 177 Å². The van der Waals surface area contributed by atoms with Crippen molar-refractivity contribution in [2.45, 2.75) is 108 Å². The van der Waals surface area contributed by atoms with Crippen molar-refractivity contribution in [2.24, 2.45) is 0 Å². The van der Waals surface area contributed by atoms with Gasteiger partial charge in [-0.25, -0.2) is 0 Å². The van der Waals surface area contributed by atoms with Crippen molar-refractivity contribution in [2.75, 3.05) is 0 Å². The zero-order valence-electron chi connectivity index (χ0n) is 44.1. The molecule has 0 fully saturated rings. The SMILES string of the molecule is Cc1c2c(c(C)c(P(Cl)Cl)c1-c1c(C)c3c(c(C)c1P(Cl)Cl)COC3)COC2.Cc1c2c(c(C)c(P(c3ccccc3)c3ccccc3)c1-c1c(C)c3c(c(C)c1P(c1ccccc1)c1ccccc1)COC3)COC2. The molecule has 0 aliphatic carbocycles. The van der Waals surface area contributed by atoms with Gasteiger partial charge in [0, 0.05) is 10.6 Å². The van der Waals surface area contributed by atoms with E-state index in [0.717, 1.165) is 44.0 Å². The van der Waals surface area contributed by atoms with Crippen LogP contribution in [-0.4, -0.2) is 0 Å². The van der Waals surface area contributed by atoms with Crippen LogP contribution in [0, 0.1) is 55.4 Å². The molecule has 8 aromatic rings. The fraction of sp³-hybridized carbons (Fsp3) is 0.250. The molecule has 0 amide bonds. The molecule has 0 spiro atoms. The Kier molecular flexibility index (Phi) is 16.4. The summed E-state index contributed by atoms with van der Waals surface area (Å²) >= 11 is 26.3. The lowest BCUT2D eigenvalue weighted by Gasteiger charge is -2.33. The number of rotatable bonds is 10. The molecule has 388 valence electrons. The first-order chi connectivity index (χ1) is 36.8. The third-order valence-electron chi connectivity index (χ3n) is 16.3. The quantitative estimate of drug-likeness (QED) is 0.128. The minimum Gasteiger partial charge on any atom is -0.372 e. The lowest BCUT2D eigenvalue weighted by Crippen LogP contribution is -2.30. The van der Waals surface area contributed by atoms with E-state index in [1.165, 1.54) is 110 Å². The Labute approximate surface area is 472 Å². The van der Waals surface area contributed by atoms with E-state index >= 15 is 0 Å². The van der Waals surface area contributed by atoms with Crippen LogP contribution in [0.2, 0.25) is 0 Å². The highest BCUT2D eigenvalue weighted by molar-refractivity contribution is 8.09. The van der Waals surface area contributed by atoms with E-state index in [-0.39, 0.29) is 0 Å². The number of benzene rings is 8. The monoisotopic (exact) mass is 1160 g/mol.